The third kappa shape index (κ3) is 4.20. The zero-order valence-electron chi connectivity index (χ0n) is 16.4. The fourth-order valence-electron chi connectivity index (χ4n) is 3.04. The van der Waals surface area contributed by atoms with E-state index in [0.29, 0.717) is 18.1 Å². The topological polar surface area (TPSA) is 66.3 Å². The highest BCUT2D eigenvalue weighted by Gasteiger charge is 2.57. The molecule has 0 saturated heterocycles. The van der Waals surface area contributed by atoms with Crippen molar-refractivity contribution in [1.82, 2.24) is 23.7 Å². The first-order valence-electron chi connectivity index (χ1n) is 8.83. The Balaban J connectivity index is 2.18. The van der Waals surface area contributed by atoms with E-state index in [0.717, 1.165) is 4.40 Å². The van der Waals surface area contributed by atoms with Gasteiger partial charge in [0.1, 0.15) is 6.54 Å². The van der Waals surface area contributed by atoms with E-state index >= 15 is 0 Å². The van der Waals surface area contributed by atoms with E-state index in [4.69, 9.17) is 4.74 Å². The van der Waals surface area contributed by atoms with Gasteiger partial charge >= 0.3 is 18.3 Å². The summed E-state index contributed by atoms with van der Waals surface area (Å²) in [7, 11) is 1.37. The van der Waals surface area contributed by atoms with Crippen molar-refractivity contribution in [1.29, 1.82) is 0 Å². The monoisotopic (exact) mass is 473 g/mol. The second-order valence-electron chi connectivity index (χ2n) is 6.85. The number of ether oxygens (including phenoxy) is 1. The van der Waals surface area contributed by atoms with Crippen molar-refractivity contribution in [3.8, 4) is 11.1 Å². The number of hydrogen-bond acceptors (Lipinski definition) is 4. The van der Waals surface area contributed by atoms with Crippen molar-refractivity contribution in [2.75, 3.05) is 13.7 Å². The molecule has 0 fully saturated rings. The van der Waals surface area contributed by atoms with Crippen LogP contribution in [0.4, 0.5) is 35.1 Å². The molecule has 0 bridgehead atoms. The van der Waals surface area contributed by atoms with Gasteiger partial charge in [-0.2, -0.15) is 40.2 Å². The lowest BCUT2D eigenvalue weighted by Crippen LogP contribution is -2.40. The number of halogens is 8. The Kier molecular flexibility index (Phi) is 5.82. The van der Waals surface area contributed by atoms with Crippen LogP contribution in [0.25, 0.3) is 16.9 Å². The van der Waals surface area contributed by atoms with Gasteiger partial charge in [-0.15, -0.1) is 0 Å². The fourth-order valence-corrected chi connectivity index (χ4v) is 3.04. The zero-order chi connectivity index (χ0) is 24.1. The second-order valence-corrected chi connectivity index (χ2v) is 6.85. The summed E-state index contributed by atoms with van der Waals surface area (Å²) in [6.07, 6.45) is -8.69. The summed E-state index contributed by atoms with van der Waals surface area (Å²) in [6, 6.07) is 0. The van der Waals surface area contributed by atoms with E-state index in [1.54, 1.807) is 0 Å². The Morgan fingerprint density at radius 1 is 1.06 bits per heavy atom. The molecule has 0 N–H and O–H groups in total. The van der Waals surface area contributed by atoms with Crippen molar-refractivity contribution >= 4 is 5.78 Å². The molecular weight excluding hydrogens is 458 g/mol. The molecule has 0 aliphatic heterocycles. The number of fused-ring (bicyclic) bond motifs is 1. The molecule has 0 unspecified atom stereocenters. The predicted octanol–water partition coefficient (Wildman–Crippen LogP) is 3.53. The van der Waals surface area contributed by atoms with Crippen LogP contribution < -0.4 is 5.56 Å². The molecule has 3 heterocycles. The van der Waals surface area contributed by atoms with Gasteiger partial charge in [0, 0.05) is 37.3 Å². The highest BCUT2D eigenvalue weighted by molar-refractivity contribution is 5.65. The average Bonchev–Trinajstić information content (AvgIpc) is 3.22. The Bertz CT molecular complexity index is 1190. The number of aromatic nitrogens is 5. The lowest BCUT2D eigenvalue weighted by Gasteiger charge is -2.19. The normalized spacial score (nSPS) is 13.3. The van der Waals surface area contributed by atoms with Crippen molar-refractivity contribution in [3.63, 3.8) is 0 Å². The smallest absolute Gasteiger partial charge is 0.383 e. The minimum absolute atomic E-state index is 0.0897. The van der Waals surface area contributed by atoms with Gasteiger partial charge < -0.3 is 9.30 Å². The average molecular weight is 473 g/mol. The van der Waals surface area contributed by atoms with E-state index in [9.17, 15) is 39.9 Å². The van der Waals surface area contributed by atoms with Crippen molar-refractivity contribution < 1.29 is 39.9 Å². The van der Waals surface area contributed by atoms with Crippen LogP contribution in [-0.4, -0.2) is 49.5 Å². The third-order valence-electron chi connectivity index (χ3n) is 4.56. The van der Waals surface area contributed by atoms with Gasteiger partial charge in [0.05, 0.1) is 18.4 Å². The molecule has 7 nitrogen and oxygen atoms in total. The number of methoxy groups -OCH3 is 1. The number of alkyl halides is 8. The lowest BCUT2D eigenvalue weighted by atomic mass is 10.1. The second kappa shape index (κ2) is 7.86. The van der Waals surface area contributed by atoms with Gasteiger partial charge in [0.15, 0.2) is 5.69 Å². The maximum Gasteiger partial charge on any atom is 0.455 e. The molecule has 3 rings (SSSR count). The van der Waals surface area contributed by atoms with Gasteiger partial charge in [-0.25, -0.2) is 4.98 Å². The Labute approximate surface area is 173 Å². The first-order chi connectivity index (χ1) is 14.7. The van der Waals surface area contributed by atoms with E-state index in [2.05, 4.69) is 10.1 Å². The van der Waals surface area contributed by atoms with E-state index < -0.39 is 47.2 Å². The largest absolute Gasteiger partial charge is 0.455 e. The molecule has 3 aromatic heterocycles. The maximum atomic E-state index is 13.7. The molecule has 176 valence electrons. The van der Waals surface area contributed by atoms with Gasteiger partial charge in [-0.3, -0.25) is 13.9 Å². The van der Waals surface area contributed by atoms with Gasteiger partial charge in [0.2, 0.25) is 5.78 Å². The van der Waals surface area contributed by atoms with Crippen LogP contribution in [0.5, 0.6) is 0 Å². The number of rotatable bonds is 6. The first kappa shape index (κ1) is 23.7. The highest BCUT2D eigenvalue weighted by Crippen LogP contribution is 2.37. The molecule has 0 amide bonds. The van der Waals surface area contributed by atoms with Gasteiger partial charge in [-0.1, -0.05) is 0 Å². The molecule has 32 heavy (non-hydrogen) atoms. The van der Waals surface area contributed by atoms with E-state index in [1.165, 1.54) is 24.8 Å². The highest BCUT2D eigenvalue weighted by atomic mass is 19.4. The van der Waals surface area contributed by atoms with Crippen LogP contribution >= 0.6 is 0 Å². The quantitative estimate of drug-likeness (QED) is 0.514. The molecule has 0 aromatic carbocycles. The zero-order valence-corrected chi connectivity index (χ0v) is 16.4. The van der Waals surface area contributed by atoms with Crippen molar-refractivity contribution in [3.05, 3.63) is 40.3 Å². The summed E-state index contributed by atoms with van der Waals surface area (Å²) < 4.78 is 112. The Morgan fingerprint density at radius 2 is 1.72 bits per heavy atom. The first-order valence-corrected chi connectivity index (χ1v) is 8.83. The lowest BCUT2D eigenvalue weighted by molar-refractivity contribution is -0.287. The van der Waals surface area contributed by atoms with Crippen LogP contribution in [0.1, 0.15) is 11.4 Å². The molecule has 3 aromatic rings. The molecule has 0 aliphatic rings. The molecule has 15 heteroatoms. The number of nitrogens with zero attached hydrogens (tertiary/aromatic N) is 5. The van der Waals surface area contributed by atoms with Gasteiger partial charge in [0.25, 0.3) is 5.56 Å². The van der Waals surface area contributed by atoms with E-state index in [-0.39, 0.29) is 23.6 Å². The Hall–Kier alpha value is -2.97. The third-order valence-corrected chi connectivity index (χ3v) is 4.56. The summed E-state index contributed by atoms with van der Waals surface area (Å²) in [5.74, 6) is -5.52. The minimum Gasteiger partial charge on any atom is -0.383 e. The van der Waals surface area contributed by atoms with Crippen molar-refractivity contribution in [2.24, 2.45) is 0 Å². The van der Waals surface area contributed by atoms with Crippen LogP contribution in [-0.2, 0) is 24.0 Å². The standard InChI is InChI=1S/C17H15F8N5O2/c1-9-6-30-13(31)11(10-5-26-28(7-10)8-15(18,19)17(23,24)25)12(16(20,21)22)27-14(30)29(9)3-4-32-2/h5-7H,3-4,8H2,1-2H3. The number of imidazole rings is 1. The number of aryl methyl sites for hydroxylation is 1. The molecular formula is C17H15F8N5O2. The summed E-state index contributed by atoms with van der Waals surface area (Å²) in [5, 5.41) is 3.27. The molecule has 0 aliphatic carbocycles. The molecule has 0 spiro atoms. The summed E-state index contributed by atoms with van der Waals surface area (Å²) in [6.45, 7) is -0.244. The predicted molar refractivity (Wildman–Crippen MR) is 93.3 cm³/mol. The van der Waals surface area contributed by atoms with Crippen LogP contribution in [0.3, 0.4) is 0 Å². The Morgan fingerprint density at radius 3 is 2.28 bits per heavy atom. The summed E-state index contributed by atoms with van der Waals surface area (Å²) in [4.78, 5) is 16.5. The van der Waals surface area contributed by atoms with Crippen LogP contribution in [0, 0.1) is 6.92 Å². The number of hydrogen-bond donors (Lipinski definition) is 0. The fraction of sp³-hybridized carbons (Fsp3) is 0.471. The van der Waals surface area contributed by atoms with E-state index in [1.807, 2.05) is 0 Å². The summed E-state index contributed by atoms with van der Waals surface area (Å²) in [5.41, 5.74) is -4.06. The molecule has 0 radical (unpaired) electrons. The summed E-state index contributed by atoms with van der Waals surface area (Å²) >= 11 is 0. The SMILES string of the molecule is COCCn1c(C)cn2c(=O)c(-c3cnn(CC(F)(F)C(F)(F)F)c3)c(C(F)(F)F)nc12. The van der Waals surface area contributed by atoms with Crippen molar-refractivity contribution in [2.45, 2.75) is 38.3 Å². The molecule has 0 atom stereocenters. The van der Waals surface area contributed by atoms with Gasteiger partial charge in [-0.05, 0) is 6.92 Å². The molecule has 0 saturated carbocycles. The minimum atomic E-state index is -5.89. The van der Waals surface area contributed by atoms with Crippen LogP contribution in [0.15, 0.2) is 23.4 Å². The maximum absolute atomic E-state index is 13.7. The van der Waals surface area contributed by atoms with Crippen LogP contribution in [0.2, 0.25) is 0 Å².